The molecule has 0 bridgehead atoms. The summed E-state index contributed by atoms with van der Waals surface area (Å²) < 4.78 is 0. The Hall–Kier alpha value is -1.70. The largest absolute Gasteiger partial charge is 0.399 e. The van der Waals surface area contributed by atoms with Gasteiger partial charge in [-0.25, -0.2) is 0 Å². The van der Waals surface area contributed by atoms with Crippen LogP contribution in [-0.2, 0) is 5.41 Å². The Morgan fingerprint density at radius 3 is 2.22 bits per heavy atom. The summed E-state index contributed by atoms with van der Waals surface area (Å²) in [7, 11) is 0. The molecule has 2 aliphatic rings. The number of hydrogen-bond donors (Lipinski definition) is 2. The second-order valence-corrected chi connectivity index (χ2v) is 7.40. The minimum atomic E-state index is 0.114. The summed E-state index contributed by atoms with van der Waals surface area (Å²) in [5, 5.41) is 0. The highest BCUT2D eigenvalue weighted by atomic mass is 14.6. The van der Waals surface area contributed by atoms with E-state index in [1.807, 2.05) is 12.1 Å². The van der Waals surface area contributed by atoms with E-state index >= 15 is 0 Å². The molecular formula is C21H30N2. The number of anilines is 1. The van der Waals surface area contributed by atoms with Gasteiger partial charge in [-0.3, -0.25) is 0 Å². The van der Waals surface area contributed by atoms with E-state index in [4.69, 9.17) is 11.5 Å². The number of allylic oxidation sites excluding steroid dienone is 3. The second kappa shape index (κ2) is 5.74. The van der Waals surface area contributed by atoms with Crippen LogP contribution in [-0.4, -0.2) is 0 Å². The standard InChI is InChI=1S/C21H30N2/c1-4-20(5-2)14-21(6-3,15-7-9-16(22)10-8-15)19-13-17(23)11-12-18(19)20/h7-11,13,18H,4-6,12,14,22-23H2,1-3H3. The van der Waals surface area contributed by atoms with Crippen LogP contribution in [0, 0.1) is 11.3 Å². The van der Waals surface area contributed by atoms with Crippen molar-refractivity contribution in [1.82, 2.24) is 0 Å². The molecular weight excluding hydrogens is 280 g/mol. The number of hydrogen-bond acceptors (Lipinski definition) is 2. The summed E-state index contributed by atoms with van der Waals surface area (Å²) >= 11 is 0. The fraction of sp³-hybridized carbons (Fsp3) is 0.524. The van der Waals surface area contributed by atoms with Crippen LogP contribution in [0.5, 0.6) is 0 Å². The zero-order valence-electron chi connectivity index (χ0n) is 14.7. The number of nitrogen functional groups attached to an aromatic ring is 1. The van der Waals surface area contributed by atoms with Crippen LogP contribution < -0.4 is 11.5 Å². The van der Waals surface area contributed by atoms with Gasteiger partial charge < -0.3 is 11.5 Å². The zero-order chi connectivity index (χ0) is 16.7. The Morgan fingerprint density at radius 1 is 1.00 bits per heavy atom. The Kier molecular flexibility index (Phi) is 4.03. The average Bonchev–Trinajstić information content (AvgIpc) is 2.86. The molecule has 3 rings (SSSR count). The van der Waals surface area contributed by atoms with Gasteiger partial charge in [-0.05, 0) is 67.2 Å². The van der Waals surface area contributed by atoms with E-state index in [-0.39, 0.29) is 5.41 Å². The van der Waals surface area contributed by atoms with Crippen LogP contribution >= 0.6 is 0 Å². The van der Waals surface area contributed by atoms with Gasteiger partial charge in [0.1, 0.15) is 0 Å². The molecule has 2 heteroatoms. The van der Waals surface area contributed by atoms with Gasteiger partial charge in [0, 0.05) is 16.8 Å². The zero-order valence-corrected chi connectivity index (χ0v) is 14.7. The highest BCUT2D eigenvalue weighted by Gasteiger charge is 2.55. The lowest BCUT2D eigenvalue weighted by molar-refractivity contribution is 0.184. The topological polar surface area (TPSA) is 52.0 Å². The first-order chi connectivity index (χ1) is 11.0. The number of rotatable bonds is 4. The quantitative estimate of drug-likeness (QED) is 0.776. The third-order valence-corrected chi connectivity index (χ3v) is 6.71. The van der Waals surface area contributed by atoms with E-state index in [1.54, 1.807) is 5.57 Å². The fourth-order valence-electron chi connectivity index (χ4n) is 5.19. The maximum absolute atomic E-state index is 6.20. The Labute approximate surface area is 140 Å². The summed E-state index contributed by atoms with van der Waals surface area (Å²) in [6.07, 6.45) is 10.4. The smallest absolute Gasteiger partial charge is 0.0314 e. The highest BCUT2D eigenvalue weighted by Crippen LogP contribution is 2.64. The molecule has 2 nitrogen and oxygen atoms in total. The van der Waals surface area contributed by atoms with Gasteiger partial charge in [-0.15, -0.1) is 0 Å². The van der Waals surface area contributed by atoms with Crippen molar-refractivity contribution in [2.75, 3.05) is 5.73 Å². The van der Waals surface area contributed by atoms with Crippen molar-refractivity contribution in [3.05, 3.63) is 53.3 Å². The molecule has 124 valence electrons. The van der Waals surface area contributed by atoms with Crippen LogP contribution in [0.4, 0.5) is 5.69 Å². The van der Waals surface area contributed by atoms with Gasteiger partial charge in [0.15, 0.2) is 0 Å². The van der Waals surface area contributed by atoms with Crippen LogP contribution in [0.25, 0.3) is 0 Å². The molecule has 2 aliphatic carbocycles. The van der Waals surface area contributed by atoms with E-state index in [1.165, 1.54) is 24.8 Å². The summed E-state index contributed by atoms with van der Waals surface area (Å²) in [4.78, 5) is 0. The maximum Gasteiger partial charge on any atom is 0.0314 e. The van der Waals surface area contributed by atoms with Gasteiger partial charge >= 0.3 is 0 Å². The molecule has 0 heterocycles. The van der Waals surface area contributed by atoms with Gasteiger partial charge in [0.05, 0.1) is 0 Å². The number of benzene rings is 1. The molecule has 0 amide bonds. The predicted molar refractivity (Wildman–Crippen MR) is 98.9 cm³/mol. The van der Waals surface area contributed by atoms with Crippen molar-refractivity contribution in [2.24, 2.45) is 17.1 Å². The minimum absolute atomic E-state index is 0.114. The molecule has 0 spiro atoms. The van der Waals surface area contributed by atoms with Gasteiger partial charge in [-0.2, -0.15) is 0 Å². The van der Waals surface area contributed by atoms with E-state index in [0.29, 0.717) is 11.3 Å². The number of nitrogens with two attached hydrogens (primary N) is 2. The molecule has 4 N–H and O–H groups in total. The van der Waals surface area contributed by atoms with Crippen LogP contribution in [0.15, 0.2) is 47.7 Å². The lowest BCUT2D eigenvalue weighted by atomic mass is 9.70. The predicted octanol–water partition coefficient (Wildman–Crippen LogP) is 4.92. The lowest BCUT2D eigenvalue weighted by Gasteiger charge is -2.34. The van der Waals surface area contributed by atoms with Crippen LogP contribution in [0.3, 0.4) is 0 Å². The van der Waals surface area contributed by atoms with Crippen LogP contribution in [0.2, 0.25) is 0 Å². The molecule has 1 fully saturated rings. The van der Waals surface area contributed by atoms with Crippen molar-refractivity contribution in [2.45, 2.75) is 58.3 Å². The Morgan fingerprint density at radius 2 is 1.65 bits per heavy atom. The second-order valence-electron chi connectivity index (χ2n) is 7.40. The molecule has 1 aromatic carbocycles. The Balaban J connectivity index is 2.18. The average molecular weight is 310 g/mol. The van der Waals surface area contributed by atoms with Gasteiger partial charge in [0.25, 0.3) is 0 Å². The highest BCUT2D eigenvalue weighted by molar-refractivity contribution is 5.50. The van der Waals surface area contributed by atoms with E-state index < -0.39 is 0 Å². The minimum Gasteiger partial charge on any atom is -0.399 e. The van der Waals surface area contributed by atoms with E-state index in [2.05, 4.69) is 45.1 Å². The SMILES string of the molecule is CCC1(c2ccc(N)cc2)CC(CC)(CC)C2CC=C(N)C=C21. The Bertz CT molecular complexity index is 634. The first-order valence-corrected chi connectivity index (χ1v) is 9.05. The monoisotopic (exact) mass is 310 g/mol. The van der Waals surface area contributed by atoms with Crippen molar-refractivity contribution < 1.29 is 0 Å². The molecule has 0 radical (unpaired) electrons. The summed E-state index contributed by atoms with van der Waals surface area (Å²) in [6, 6.07) is 8.55. The molecule has 2 unspecified atom stereocenters. The van der Waals surface area contributed by atoms with Crippen molar-refractivity contribution in [3.8, 4) is 0 Å². The van der Waals surface area contributed by atoms with Gasteiger partial charge in [-0.1, -0.05) is 44.6 Å². The molecule has 23 heavy (non-hydrogen) atoms. The first-order valence-electron chi connectivity index (χ1n) is 9.05. The summed E-state index contributed by atoms with van der Waals surface area (Å²) in [5.74, 6) is 0.627. The molecule has 1 saturated carbocycles. The van der Waals surface area contributed by atoms with E-state index in [0.717, 1.165) is 24.2 Å². The van der Waals surface area contributed by atoms with E-state index in [9.17, 15) is 0 Å². The summed E-state index contributed by atoms with van der Waals surface area (Å²) in [5.41, 5.74) is 17.4. The normalized spacial score (nSPS) is 28.9. The third-order valence-electron chi connectivity index (χ3n) is 6.71. The molecule has 2 atom stereocenters. The third kappa shape index (κ3) is 2.31. The van der Waals surface area contributed by atoms with Crippen molar-refractivity contribution >= 4 is 5.69 Å². The summed E-state index contributed by atoms with van der Waals surface area (Å²) in [6.45, 7) is 7.04. The fourth-order valence-corrected chi connectivity index (χ4v) is 5.19. The molecule has 1 aromatic rings. The first kappa shape index (κ1) is 16.2. The van der Waals surface area contributed by atoms with Crippen molar-refractivity contribution in [1.29, 1.82) is 0 Å². The van der Waals surface area contributed by atoms with Crippen molar-refractivity contribution in [3.63, 3.8) is 0 Å². The van der Waals surface area contributed by atoms with Crippen LogP contribution in [0.1, 0.15) is 58.4 Å². The molecule has 0 aliphatic heterocycles. The molecule has 0 saturated heterocycles. The van der Waals surface area contributed by atoms with Gasteiger partial charge in [0.2, 0.25) is 0 Å². The lowest BCUT2D eigenvalue weighted by Crippen LogP contribution is -2.26. The maximum atomic E-state index is 6.20. The number of fused-ring (bicyclic) bond motifs is 1. The molecule has 0 aromatic heterocycles.